The molecule has 1 heterocycles. The van der Waals surface area contributed by atoms with E-state index in [1.165, 1.54) is 26.0 Å². The number of methoxy groups -OCH3 is 2. The molecule has 0 aliphatic carbocycles. The van der Waals surface area contributed by atoms with Gasteiger partial charge in [-0.05, 0) is 55.3 Å². The minimum atomic E-state index is -0.622. The number of rotatable bonds is 8. The lowest BCUT2D eigenvalue weighted by atomic mass is 10.2. The quantitative estimate of drug-likeness (QED) is 0.497. The van der Waals surface area contributed by atoms with Crippen LogP contribution >= 0.6 is 11.8 Å². The molecule has 3 rings (SSSR count). The van der Waals surface area contributed by atoms with Gasteiger partial charge in [0.05, 0.1) is 25.5 Å². The van der Waals surface area contributed by atoms with Crippen molar-refractivity contribution < 1.29 is 23.8 Å². The van der Waals surface area contributed by atoms with E-state index < -0.39 is 18.5 Å². The summed E-state index contributed by atoms with van der Waals surface area (Å²) >= 11 is 1.39. The topological polar surface area (TPSA) is 86.8 Å². The van der Waals surface area contributed by atoms with Gasteiger partial charge in [0, 0.05) is 17.2 Å². The Hall–Kier alpha value is -3.52. The van der Waals surface area contributed by atoms with E-state index in [1.807, 2.05) is 32.0 Å². The number of aryl methyl sites for hydroxylation is 2. The van der Waals surface area contributed by atoms with Crippen molar-refractivity contribution in [2.24, 2.45) is 0 Å². The number of hydrogen-bond donors (Lipinski definition) is 1. The van der Waals surface area contributed by atoms with Gasteiger partial charge in [0.2, 0.25) is 0 Å². The molecule has 2 aromatic carbocycles. The lowest BCUT2D eigenvalue weighted by molar-refractivity contribution is -0.119. The van der Waals surface area contributed by atoms with Crippen LogP contribution in [0.3, 0.4) is 0 Å². The second kappa shape index (κ2) is 10.7. The minimum absolute atomic E-state index is 0.299. The Morgan fingerprint density at radius 2 is 1.84 bits per heavy atom. The van der Waals surface area contributed by atoms with E-state index in [4.69, 9.17) is 14.2 Å². The van der Waals surface area contributed by atoms with Crippen molar-refractivity contribution in [3.8, 4) is 11.5 Å². The van der Waals surface area contributed by atoms with Crippen LogP contribution in [0.5, 0.6) is 11.5 Å². The molecule has 166 valence electrons. The number of aromatic nitrogens is 1. The van der Waals surface area contributed by atoms with E-state index in [2.05, 4.69) is 10.3 Å². The molecule has 8 heteroatoms. The Bertz CT molecular complexity index is 1130. The van der Waals surface area contributed by atoms with Gasteiger partial charge in [-0.3, -0.25) is 4.79 Å². The van der Waals surface area contributed by atoms with Crippen molar-refractivity contribution in [1.82, 2.24) is 4.98 Å². The maximum absolute atomic E-state index is 12.7. The van der Waals surface area contributed by atoms with Crippen LogP contribution in [0.1, 0.15) is 21.5 Å². The Morgan fingerprint density at radius 1 is 1.03 bits per heavy atom. The van der Waals surface area contributed by atoms with Crippen LogP contribution in [-0.2, 0) is 9.53 Å². The maximum Gasteiger partial charge on any atom is 0.341 e. The van der Waals surface area contributed by atoms with Crippen LogP contribution in [0.4, 0.5) is 5.69 Å². The van der Waals surface area contributed by atoms with Gasteiger partial charge < -0.3 is 19.5 Å². The molecule has 0 aliphatic heterocycles. The number of carbonyl (C=O) groups excluding carboxylic acids is 2. The van der Waals surface area contributed by atoms with Crippen molar-refractivity contribution in [1.29, 1.82) is 0 Å². The molecule has 0 bridgehead atoms. The van der Waals surface area contributed by atoms with Crippen LogP contribution in [0.15, 0.2) is 64.6 Å². The summed E-state index contributed by atoms with van der Waals surface area (Å²) in [4.78, 5) is 30.3. The standard InChI is InChI=1S/C24H24N2O5S/c1-15-7-8-16(2)21(12-15)32-23-18(6-5-11-25-23)24(28)31-14-22(27)26-19-10-9-17(29-3)13-20(19)30-4/h5-13H,14H2,1-4H3,(H,26,27). The zero-order valence-corrected chi connectivity index (χ0v) is 19.1. The predicted molar refractivity (Wildman–Crippen MR) is 123 cm³/mol. The highest BCUT2D eigenvalue weighted by molar-refractivity contribution is 7.99. The average Bonchev–Trinajstić information content (AvgIpc) is 2.80. The molecule has 32 heavy (non-hydrogen) atoms. The molecule has 0 saturated carbocycles. The summed E-state index contributed by atoms with van der Waals surface area (Å²) in [5, 5.41) is 3.19. The van der Waals surface area contributed by atoms with Crippen molar-refractivity contribution in [3.63, 3.8) is 0 Å². The summed E-state index contributed by atoms with van der Waals surface area (Å²) in [5.41, 5.74) is 2.94. The van der Waals surface area contributed by atoms with Gasteiger partial charge in [0.1, 0.15) is 16.5 Å². The number of hydrogen-bond acceptors (Lipinski definition) is 7. The molecule has 0 radical (unpaired) electrons. The van der Waals surface area contributed by atoms with Gasteiger partial charge in [0.15, 0.2) is 6.61 Å². The lowest BCUT2D eigenvalue weighted by Crippen LogP contribution is -2.21. The second-order valence-electron chi connectivity index (χ2n) is 6.92. The maximum atomic E-state index is 12.7. The minimum Gasteiger partial charge on any atom is -0.497 e. The average molecular weight is 453 g/mol. The fourth-order valence-electron chi connectivity index (χ4n) is 2.85. The van der Waals surface area contributed by atoms with E-state index in [-0.39, 0.29) is 0 Å². The van der Waals surface area contributed by atoms with Crippen LogP contribution in [-0.4, -0.2) is 37.7 Å². The summed E-state index contributed by atoms with van der Waals surface area (Å²) in [6.45, 7) is 3.56. The summed E-state index contributed by atoms with van der Waals surface area (Å²) in [6.07, 6.45) is 1.62. The fourth-order valence-corrected chi connectivity index (χ4v) is 3.90. The van der Waals surface area contributed by atoms with Gasteiger partial charge in [-0.15, -0.1) is 0 Å². The van der Waals surface area contributed by atoms with Gasteiger partial charge in [-0.1, -0.05) is 23.9 Å². The highest BCUT2D eigenvalue weighted by Gasteiger charge is 2.18. The van der Waals surface area contributed by atoms with E-state index in [0.717, 1.165) is 16.0 Å². The molecule has 0 atom stereocenters. The molecule has 1 amide bonds. The highest BCUT2D eigenvalue weighted by Crippen LogP contribution is 2.32. The number of ether oxygens (including phenoxy) is 3. The smallest absolute Gasteiger partial charge is 0.341 e. The van der Waals surface area contributed by atoms with Gasteiger partial charge in [-0.2, -0.15) is 0 Å². The number of nitrogens with zero attached hydrogens (tertiary/aromatic N) is 1. The van der Waals surface area contributed by atoms with Crippen LogP contribution < -0.4 is 14.8 Å². The third-order valence-electron chi connectivity index (χ3n) is 4.56. The van der Waals surface area contributed by atoms with Crippen LogP contribution in [0, 0.1) is 13.8 Å². The molecule has 1 aromatic heterocycles. The molecule has 0 unspecified atom stereocenters. The normalized spacial score (nSPS) is 10.4. The molecule has 0 spiro atoms. The van der Waals surface area contributed by atoms with Crippen LogP contribution in [0.25, 0.3) is 0 Å². The molecule has 1 N–H and O–H groups in total. The largest absolute Gasteiger partial charge is 0.497 e. The first-order chi connectivity index (χ1) is 15.4. The third kappa shape index (κ3) is 5.79. The number of esters is 1. The fraction of sp³-hybridized carbons (Fsp3) is 0.208. The number of carbonyl (C=O) groups is 2. The number of nitrogens with one attached hydrogen (secondary N) is 1. The third-order valence-corrected chi connectivity index (χ3v) is 5.74. The SMILES string of the molecule is COc1ccc(NC(=O)COC(=O)c2cccnc2Sc2cc(C)ccc2C)c(OC)c1. The molecule has 0 fully saturated rings. The number of amides is 1. The lowest BCUT2D eigenvalue weighted by Gasteiger charge is -2.12. The van der Waals surface area contributed by atoms with Crippen LogP contribution in [0.2, 0.25) is 0 Å². The molecule has 0 aliphatic rings. The van der Waals surface area contributed by atoms with E-state index in [9.17, 15) is 9.59 Å². The number of benzene rings is 2. The number of pyridine rings is 1. The summed E-state index contributed by atoms with van der Waals surface area (Å²) in [6, 6.07) is 14.4. The monoisotopic (exact) mass is 452 g/mol. The Kier molecular flexibility index (Phi) is 7.72. The van der Waals surface area contributed by atoms with Gasteiger partial charge in [-0.25, -0.2) is 9.78 Å². The van der Waals surface area contributed by atoms with Crippen molar-refractivity contribution in [3.05, 3.63) is 71.4 Å². The molecule has 0 saturated heterocycles. The molecular formula is C24H24N2O5S. The van der Waals surface area contributed by atoms with Crippen molar-refractivity contribution in [2.75, 3.05) is 26.1 Å². The first-order valence-corrected chi connectivity index (χ1v) is 10.6. The molecule has 3 aromatic rings. The zero-order chi connectivity index (χ0) is 23.1. The van der Waals surface area contributed by atoms with E-state index in [0.29, 0.717) is 27.8 Å². The van der Waals surface area contributed by atoms with Crippen molar-refractivity contribution >= 4 is 29.3 Å². The Morgan fingerprint density at radius 3 is 2.59 bits per heavy atom. The zero-order valence-electron chi connectivity index (χ0n) is 18.3. The Labute approximate surface area is 191 Å². The highest BCUT2D eigenvalue weighted by atomic mass is 32.2. The molecule has 7 nitrogen and oxygen atoms in total. The van der Waals surface area contributed by atoms with Gasteiger partial charge in [0.25, 0.3) is 5.91 Å². The summed E-state index contributed by atoms with van der Waals surface area (Å²) in [7, 11) is 3.03. The van der Waals surface area contributed by atoms with Gasteiger partial charge >= 0.3 is 5.97 Å². The van der Waals surface area contributed by atoms with E-state index >= 15 is 0 Å². The van der Waals surface area contributed by atoms with E-state index in [1.54, 1.807) is 36.5 Å². The number of anilines is 1. The summed E-state index contributed by atoms with van der Waals surface area (Å²) < 4.78 is 15.6. The molecular weight excluding hydrogens is 428 g/mol. The Balaban J connectivity index is 1.67. The predicted octanol–water partition coefficient (Wildman–Crippen LogP) is 4.66. The first-order valence-electron chi connectivity index (χ1n) is 9.80. The first kappa shape index (κ1) is 23.1. The van der Waals surface area contributed by atoms with Crippen molar-refractivity contribution in [2.45, 2.75) is 23.8 Å². The second-order valence-corrected chi connectivity index (χ2v) is 7.95. The summed E-state index contributed by atoms with van der Waals surface area (Å²) in [5.74, 6) is -0.0857.